The van der Waals surface area contributed by atoms with Crippen LogP contribution in [0.1, 0.15) is 18.6 Å². The number of aliphatic hydroxyl groups is 1. The molecule has 0 bridgehead atoms. The topological polar surface area (TPSA) is 79.1 Å². The number of piperazine rings is 1. The van der Waals surface area contributed by atoms with E-state index < -0.39 is 11.0 Å². The molecule has 0 amide bonds. The minimum absolute atomic E-state index is 0.100. The number of ether oxygens (including phenoxy) is 1. The number of benzene rings is 1. The van der Waals surface area contributed by atoms with Gasteiger partial charge in [0.2, 0.25) is 0 Å². The number of nitro groups is 1. The van der Waals surface area contributed by atoms with Gasteiger partial charge >= 0.3 is 5.69 Å². The Morgan fingerprint density at radius 1 is 1.36 bits per heavy atom. The fraction of sp³-hybridized carbons (Fsp3) is 0.600. The molecule has 1 unspecified atom stereocenters. The van der Waals surface area contributed by atoms with E-state index in [9.17, 15) is 15.2 Å². The molecule has 0 spiro atoms. The molecule has 1 saturated heterocycles. The van der Waals surface area contributed by atoms with Crippen molar-refractivity contribution in [2.45, 2.75) is 13.0 Å². The largest absolute Gasteiger partial charge is 0.487 e. The fourth-order valence-corrected chi connectivity index (χ4v) is 2.54. The molecule has 7 heteroatoms. The predicted molar refractivity (Wildman–Crippen MR) is 83.2 cm³/mol. The van der Waals surface area contributed by atoms with Gasteiger partial charge in [0.15, 0.2) is 5.75 Å². The molecule has 122 valence electrons. The van der Waals surface area contributed by atoms with E-state index in [-0.39, 0.29) is 11.4 Å². The molecule has 1 heterocycles. The van der Waals surface area contributed by atoms with Crippen LogP contribution in [0, 0.1) is 10.1 Å². The summed E-state index contributed by atoms with van der Waals surface area (Å²) in [6.07, 6.45) is -0.738. The maximum absolute atomic E-state index is 11.1. The summed E-state index contributed by atoms with van der Waals surface area (Å²) in [5, 5.41) is 21.5. The van der Waals surface area contributed by atoms with Crippen molar-refractivity contribution in [1.82, 2.24) is 9.80 Å². The summed E-state index contributed by atoms with van der Waals surface area (Å²) in [5.41, 5.74) is 0.450. The molecule has 7 nitrogen and oxygen atoms in total. The second-order valence-corrected chi connectivity index (χ2v) is 5.54. The fourth-order valence-electron chi connectivity index (χ4n) is 2.54. The van der Waals surface area contributed by atoms with Crippen molar-refractivity contribution in [3.05, 3.63) is 33.9 Å². The van der Waals surface area contributed by atoms with Crippen LogP contribution in [0.5, 0.6) is 5.75 Å². The maximum atomic E-state index is 11.1. The minimum Gasteiger partial charge on any atom is -0.487 e. The Bertz CT molecular complexity index is 516. The molecule has 0 aromatic heterocycles. The van der Waals surface area contributed by atoms with Gasteiger partial charge in [-0.3, -0.25) is 15.0 Å². The molecule has 0 radical (unpaired) electrons. The molecule has 1 aromatic rings. The summed E-state index contributed by atoms with van der Waals surface area (Å²) in [6.45, 7) is 6.36. The first-order valence-corrected chi connectivity index (χ1v) is 7.51. The van der Waals surface area contributed by atoms with Crippen molar-refractivity contribution in [2.24, 2.45) is 0 Å². The van der Waals surface area contributed by atoms with Crippen molar-refractivity contribution < 1.29 is 14.8 Å². The molecule has 1 aromatic carbocycles. The molecular formula is C15H23N3O4. The predicted octanol–water partition coefficient (Wildman–Crippen LogP) is 1.27. The Morgan fingerprint density at radius 2 is 2.05 bits per heavy atom. The zero-order valence-electron chi connectivity index (χ0n) is 13.1. The Kier molecular flexibility index (Phi) is 5.70. The SMILES string of the molecule is CCOc1ccc(C(O)CN2CCN(C)CC2)cc1[N+](=O)[O-]. The molecule has 1 aliphatic rings. The second-order valence-electron chi connectivity index (χ2n) is 5.54. The van der Waals surface area contributed by atoms with Crippen molar-refractivity contribution in [2.75, 3.05) is 46.4 Å². The van der Waals surface area contributed by atoms with E-state index in [1.54, 1.807) is 19.1 Å². The van der Waals surface area contributed by atoms with Crippen LogP contribution in [0.4, 0.5) is 5.69 Å². The van der Waals surface area contributed by atoms with E-state index in [2.05, 4.69) is 16.8 Å². The van der Waals surface area contributed by atoms with Gasteiger partial charge in [0.1, 0.15) is 0 Å². The zero-order chi connectivity index (χ0) is 16.1. The zero-order valence-corrected chi connectivity index (χ0v) is 13.1. The van der Waals surface area contributed by atoms with Crippen molar-refractivity contribution in [3.8, 4) is 5.75 Å². The second kappa shape index (κ2) is 7.53. The number of aliphatic hydroxyl groups excluding tert-OH is 1. The molecule has 22 heavy (non-hydrogen) atoms. The van der Waals surface area contributed by atoms with Crippen LogP contribution in [0.2, 0.25) is 0 Å². The third-order valence-corrected chi connectivity index (χ3v) is 3.89. The summed E-state index contributed by atoms with van der Waals surface area (Å²) in [7, 11) is 2.07. The molecule has 1 atom stereocenters. The lowest BCUT2D eigenvalue weighted by molar-refractivity contribution is -0.386. The molecule has 1 N–H and O–H groups in total. The van der Waals surface area contributed by atoms with Crippen LogP contribution in [0.15, 0.2) is 18.2 Å². The quantitative estimate of drug-likeness (QED) is 0.630. The number of β-amino-alcohol motifs (C(OH)–C–C–N with tert-alkyl or cyclic N) is 1. The lowest BCUT2D eigenvalue weighted by atomic mass is 10.1. The van der Waals surface area contributed by atoms with Crippen LogP contribution < -0.4 is 4.74 Å². The van der Waals surface area contributed by atoms with E-state index >= 15 is 0 Å². The number of rotatable bonds is 6. The van der Waals surface area contributed by atoms with Crippen LogP contribution in [0.25, 0.3) is 0 Å². The highest BCUT2D eigenvalue weighted by Crippen LogP contribution is 2.30. The summed E-state index contributed by atoms with van der Waals surface area (Å²) in [4.78, 5) is 15.1. The highest BCUT2D eigenvalue weighted by Gasteiger charge is 2.22. The van der Waals surface area contributed by atoms with Crippen molar-refractivity contribution in [1.29, 1.82) is 0 Å². The molecule has 0 saturated carbocycles. The van der Waals surface area contributed by atoms with Crippen LogP contribution in [-0.4, -0.2) is 66.2 Å². The highest BCUT2D eigenvalue weighted by molar-refractivity contribution is 5.49. The van der Waals surface area contributed by atoms with Gasteiger partial charge in [0.05, 0.1) is 17.6 Å². The lowest BCUT2D eigenvalue weighted by Crippen LogP contribution is -2.45. The number of hydrogen-bond donors (Lipinski definition) is 1. The summed E-state index contributed by atoms with van der Waals surface area (Å²) >= 11 is 0. The molecule has 1 fully saturated rings. The van der Waals surface area contributed by atoms with Gasteiger partial charge in [-0.05, 0) is 25.6 Å². The number of likely N-dealkylation sites (N-methyl/N-ethyl adjacent to an activating group) is 1. The number of nitro benzene ring substituents is 1. The van der Waals surface area contributed by atoms with E-state index in [0.717, 1.165) is 26.2 Å². The number of nitrogens with zero attached hydrogens (tertiary/aromatic N) is 3. The van der Waals surface area contributed by atoms with Crippen molar-refractivity contribution in [3.63, 3.8) is 0 Å². The molecule has 1 aliphatic heterocycles. The third-order valence-electron chi connectivity index (χ3n) is 3.89. The van der Waals surface area contributed by atoms with Crippen LogP contribution in [-0.2, 0) is 0 Å². The normalized spacial score (nSPS) is 18.1. The number of hydrogen-bond acceptors (Lipinski definition) is 6. The van der Waals surface area contributed by atoms with E-state index in [1.807, 2.05) is 0 Å². The van der Waals surface area contributed by atoms with Crippen LogP contribution in [0.3, 0.4) is 0 Å². The monoisotopic (exact) mass is 309 g/mol. The van der Waals surface area contributed by atoms with Gasteiger partial charge in [0, 0.05) is 38.8 Å². The summed E-state index contributed by atoms with van der Waals surface area (Å²) in [6, 6.07) is 4.66. The Labute approximate surface area is 130 Å². The Morgan fingerprint density at radius 3 is 2.64 bits per heavy atom. The lowest BCUT2D eigenvalue weighted by Gasteiger charge is -2.33. The van der Waals surface area contributed by atoms with E-state index in [0.29, 0.717) is 18.7 Å². The van der Waals surface area contributed by atoms with Crippen molar-refractivity contribution >= 4 is 5.69 Å². The minimum atomic E-state index is -0.738. The van der Waals surface area contributed by atoms with Gasteiger partial charge in [-0.2, -0.15) is 0 Å². The Hall–Kier alpha value is -1.70. The molecule has 2 rings (SSSR count). The standard InChI is InChI=1S/C15H23N3O4/c1-3-22-15-5-4-12(10-13(15)18(20)21)14(19)11-17-8-6-16(2)7-9-17/h4-5,10,14,19H,3,6-9,11H2,1-2H3. The maximum Gasteiger partial charge on any atom is 0.311 e. The van der Waals surface area contributed by atoms with Gasteiger partial charge < -0.3 is 14.7 Å². The summed E-state index contributed by atoms with van der Waals surface area (Å²) < 4.78 is 5.26. The average molecular weight is 309 g/mol. The molecule has 0 aliphatic carbocycles. The highest BCUT2D eigenvalue weighted by atomic mass is 16.6. The van der Waals surface area contributed by atoms with E-state index in [1.165, 1.54) is 6.07 Å². The van der Waals surface area contributed by atoms with Gasteiger partial charge in [-0.15, -0.1) is 0 Å². The third kappa shape index (κ3) is 4.16. The smallest absolute Gasteiger partial charge is 0.311 e. The first kappa shape index (κ1) is 16.7. The average Bonchev–Trinajstić information content (AvgIpc) is 2.50. The first-order chi connectivity index (χ1) is 10.5. The van der Waals surface area contributed by atoms with Gasteiger partial charge in [-0.1, -0.05) is 6.07 Å². The summed E-state index contributed by atoms with van der Waals surface area (Å²) in [5.74, 6) is 0.239. The van der Waals surface area contributed by atoms with E-state index in [4.69, 9.17) is 4.74 Å². The van der Waals surface area contributed by atoms with Crippen LogP contribution >= 0.6 is 0 Å². The van der Waals surface area contributed by atoms with Gasteiger partial charge in [0.25, 0.3) is 0 Å². The first-order valence-electron chi connectivity index (χ1n) is 7.51. The molecular weight excluding hydrogens is 286 g/mol. The Balaban J connectivity index is 2.07. The van der Waals surface area contributed by atoms with Gasteiger partial charge in [-0.25, -0.2) is 0 Å².